The van der Waals surface area contributed by atoms with Crippen LogP contribution in [0, 0.1) is 11.3 Å². The molecule has 2 rings (SSSR count). The van der Waals surface area contributed by atoms with E-state index in [4.69, 9.17) is 5.26 Å². The van der Waals surface area contributed by atoms with E-state index in [1.165, 1.54) is 8.05 Å². The van der Waals surface area contributed by atoms with Crippen LogP contribution in [0.1, 0.15) is 28.8 Å². The number of hydrogen-bond donors (Lipinski definition) is 0. The van der Waals surface area contributed by atoms with Gasteiger partial charge in [-0.1, -0.05) is 12.1 Å². The highest BCUT2D eigenvalue weighted by Gasteiger charge is 2.44. The maximum atomic E-state index is 11.3. The molecule has 3 nitrogen and oxygen atoms in total. The second-order valence-corrected chi connectivity index (χ2v) is 3.77. The lowest BCUT2D eigenvalue weighted by atomic mass is 9.96. The number of nitriles is 1. The zero-order valence-electron chi connectivity index (χ0n) is 8.49. The van der Waals surface area contributed by atoms with Crippen molar-refractivity contribution in [2.45, 2.75) is 18.3 Å². The maximum Gasteiger partial charge on any atom is 0.326 e. The van der Waals surface area contributed by atoms with Gasteiger partial charge in [-0.25, -0.2) is 4.79 Å². The zero-order valence-corrected chi connectivity index (χ0v) is 8.49. The molecule has 0 heterocycles. The van der Waals surface area contributed by atoms with E-state index in [0.717, 1.165) is 18.4 Å². The van der Waals surface area contributed by atoms with Crippen molar-refractivity contribution in [2.24, 2.45) is 0 Å². The van der Waals surface area contributed by atoms with E-state index < -0.39 is 0 Å². The first-order valence-corrected chi connectivity index (χ1v) is 4.82. The highest BCUT2D eigenvalue weighted by Crippen LogP contribution is 2.47. The van der Waals surface area contributed by atoms with Crippen LogP contribution in [0.5, 0.6) is 0 Å². The Hall–Kier alpha value is -1.76. The molecule has 1 fully saturated rings. The van der Waals surface area contributed by atoms with Crippen molar-refractivity contribution in [3.63, 3.8) is 0 Å². The number of nitrogens with zero attached hydrogens (tertiary/aromatic N) is 1. The SMILES string of the molecule is BOC(=O)c1cccc(C2(C#N)CC2)c1. The van der Waals surface area contributed by atoms with E-state index >= 15 is 0 Å². The molecule has 0 unspecified atom stereocenters. The molecule has 1 aliphatic rings. The molecule has 15 heavy (non-hydrogen) atoms. The highest BCUT2D eigenvalue weighted by molar-refractivity contribution is 6.09. The lowest BCUT2D eigenvalue weighted by Gasteiger charge is -2.07. The molecular weight excluding hydrogens is 189 g/mol. The summed E-state index contributed by atoms with van der Waals surface area (Å²) in [7, 11) is 1.35. The average molecular weight is 199 g/mol. The van der Waals surface area contributed by atoms with Crippen LogP contribution in [0.3, 0.4) is 0 Å². The molecule has 0 radical (unpaired) electrons. The van der Waals surface area contributed by atoms with Crippen molar-refractivity contribution in [1.29, 1.82) is 5.26 Å². The lowest BCUT2D eigenvalue weighted by Crippen LogP contribution is -2.07. The van der Waals surface area contributed by atoms with Crippen molar-refractivity contribution in [2.75, 3.05) is 0 Å². The fourth-order valence-electron chi connectivity index (χ4n) is 1.65. The molecule has 0 aromatic heterocycles. The first kappa shape index (κ1) is 9.79. The predicted octanol–water partition coefficient (Wildman–Crippen LogP) is 0.947. The first-order valence-electron chi connectivity index (χ1n) is 4.82. The van der Waals surface area contributed by atoms with Gasteiger partial charge in [-0.05, 0) is 30.5 Å². The van der Waals surface area contributed by atoms with Crippen LogP contribution < -0.4 is 0 Å². The van der Waals surface area contributed by atoms with Crippen LogP contribution in [0.4, 0.5) is 0 Å². The molecule has 1 aromatic rings. The molecular formula is C11H10BNO2. The summed E-state index contributed by atoms with van der Waals surface area (Å²) < 4.78 is 4.64. The van der Waals surface area contributed by atoms with Gasteiger partial charge in [0.1, 0.15) is 0 Å². The number of carbonyl (C=O) groups is 1. The Kier molecular flexibility index (Phi) is 2.24. The molecule has 0 spiro atoms. The van der Waals surface area contributed by atoms with Gasteiger partial charge in [0.05, 0.1) is 17.0 Å². The summed E-state index contributed by atoms with van der Waals surface area (Å²) in [6, 6.07) is 9.43. The Morgan fingerprint density at radius 1 is 1.53 bits per heavy atom. The van der Waals surface area contributed by atoms with Gasteiger partial charge >= 0.3 is 14.0 Å². The predicted molar refractivity (Wildman–Crippen MR) is 56.9 cm³/mol. The minimum atomic E-state index is -0.356. The minimum Gasteiger partial charge on any atom is -0.540 e. The van der Waals surface area contributed by atoms with Gasteiger partial charge in [-0.3, -0.25) is 0 Å². The van der Waals surface area contributed by atoms with E-state index in [9.17, 15) is 4.79 Å². The summed E-state index contributed by atoms with van der Waals surface area (Å²) in [6.07, 6.45) is 1.77. The molecule has 0 N–H and O–H groups in total. The Morgan fingerprint density at radius 2 is 2.27 bits per heavy atom. The molecule has 74 valence electrons. The van der Waals surface area contributed by atoms with E-state index in [1.54, 1.807) is 18.2 Å². The third kappa shape index (κ3) is 1.61. The molecule has 0 bridgehead atoms. The molecule has 4 heteroatoms. The van der Waals surface area contributed by atoms with E-state index in [0.29, 0.717) is 5.56 Å². The topological polar surface area (TPSA) is 50.1 Å². The van der Waals surface area contributed by atoms with Gasteiger partial charge in [0.25, 0.3) is 0 Å². The fraction of sp³-hybridized carbons (Fsp3) is 0.273. The smallest absolute Gasteiger partial charge is 0.326 e. The summed E-state index contributed by atoms with van der Waals surface area (Å²) in [6.45, 7) is 0. The van der Waals surface area contributed by atoms with Crippen molar-refractivity contribution < 1.29 is 9.45 Å². The fourth-order valence-corrected chi connectivity index (χ4v) is 1.65. The van der Waals surface area contributed by atoms with Gasteiger partial charge in [-0.2, -0.15) is 5.26 Å². The van der Waals surface area contributed by atoms with Gasteiger partial charge in [-0.15, -0.1) is 0 Å². The minimum absolute atomic E-state index is 0.343. The Labute approximate surface area is 89.1 Å². The molecule has 0 saturated heterocycles. The first-order chi connectivity index (χ1) is 7.22. The van der Waals surface area contributed by atoms with Gasteiger partial charge in [0.2, 0.25) is 0 Å². The van der Waals surface area contributed by atoms with Crippen LogP contribution >= 0.6 is 0 Å². The summed E-state index contributed by atoms with van der Waals surface area (Å²) >= 11 is 0. The Bertz CT molecular complexity index is 446. The standard InChI is InChI=1S/C11H10BNO2/c12-15-10(14)8-2-1-3-9(6-8)11(7-13)4-5-11/h1-3,6H,4-5,12H2. The number of hydrogen-bond acceptors (Lipinski definition) is 3. The van der Waals surface area contributed by atoms with Crippen LogP contribution in [0.15, 0.2) is 24.3 Å². The summed E-state index contributed by atoms with van der Waals surface area (Å²) in [5.74, 6) is -0.356. The molecule has 0 amide bonds. The molecule has 1 saturated carbocycles. The average Bonchev–Trinajstić information content (AvgIpc) is 3.09. The zero-order chi connectivity index (χ0) is 10.9. The third-order valence-electron chi connectivity index (χ3n) is 2.80. The summed E-state index contributed by atoms with van der Waals surface area (Å²) in [4.78, 5) is 11.3. The largest absolute Gasteiger partial charge is 0.540 e. The third-order valence-corrected chi connectivity index (χ3v) is 2.80. The van der Waals surface area contributed by atoms with Gasteiger partial charge in [0.15, 0.2) is 0 Å². The Morgan fingerprint density at radius 3 is 2.80 bits per heavy atom. The summed E-state index contributed by atoms with van der Waals surface area (Å²) in [5, 5.41) is 9.03. The lowest BCUT2D eigenvalue weighted by molar-refractivity contribution is 0.0749. The normalized spacial score (nSPS) is 16.5. The highest BCUT2D eigenvalue weighted by atomic mass is 16.5. The maximum absolute atomic E-state index is 11.3. The monoisotopic (exact) mass is 199 g/mol. The van der Waals surface area contributed by atoms with Crippen molar-refractivity contribution >= 4 is 14.0 Å². The number of benzene rings is 1. The van der Waals surface area contributed by atoms with Gasteiger partial charge < -0.3 is 4.65 Å². The van der Waals surface area contributed by atoms with Crippen LogP contribution in [0.25, 0.3) is 0 Å². The quantitative estimate of drug-likeness (QED) is 0.666. The number of carbonyl (C=O) groups excluding carboxylic acids is 1. The van der Waals surface area contributed by atoms with Crippen LogP contribution in [-0.2, 0) is 10.1 Å². The van der Waals surface area contributed by atoms with Crippen molar-refractivity contribution in [3.8, 4) is 6.07 Å². The second kappa shape index (κ2) is 3.43. The van der Waals surface area contributed by atoms with E-state index in [1.807, 2.05) is 6.07 Å². The van der Waals surface area contributed by atoms with E-state index in [2.05, 4.69) is 10.7 Å². The second-order valence-electron chi connectivity index (χ2n) is 3.77. The molecule has 1 aromatic carbocycles. The molecule has 1 aliphatic carbocycles. The molecule has 0 aliphatic heterocycles. The molecule has 0 atom stereocenters. The van der Waals surface area contributed by atoms with E-state index in [-0.39, 0.29) is 11.4 Å². The van der Waals surface area contributed by atoms with Crippen molar-refractivity contribution in [3.05, 3.63) is 35.4 Å². The Balaban J connectivity index is 2.36. The number of rotatable bonds is 2. The van der Waals surface area contributed by atoms with Crippen molar-refractivity contribution in [1.82, 2.24) is 0 Å². The van der Waals surface area contributed by atoms with Crippen LogP contribution in [0.2, 0.25) is 0 Å². The summed E-state index contributed by atoms with van der Waals surface area (Å²) in [5.41, 5.74) is 1.09. The van der Waals surface area contributed by atoms with Gasteiger partial charge in [0, 0.05) is 0 Å². The van der Waals surface area contributed by atoms with Crippen LogP contribution in [-0.4, -0.2) is 14.0 Å².